The van der Waals surface area contributed by atoms with E-state index in [9.17, 15) is 13.2 Å². The number of hydrogen-bond donors (Lipinski definition) is 1. The van der Waals surface area contributed by atoms with Crippen LogP contribution in [-0.4, -0.2) is 4.98 Å². The van der Waals surface area contributed by atoms with Gasteiger partial charge >= 0.3 is 6.18 Å². The summed E-state index contributed by atoms with van der Waals surface area (Å²) in [5.41, 5.74) is 1.76. The second kappa shape index (κ2) is 5.81. The first-order chi connectivity index (χ1) is 10.5. The molecule has 1 heterocycles. The van der Waals surface area contributed by atoms with E-state index in [1.54, 1.807) is 0 Å². The summed E-state index contributed by atoms with van der Waals surface area (Å²) in [5.74, 6) is 0. The maximum absolute atomic E-state index is 12.5. The molecule has 0 saturated heterocycles. The molecule has 2 nitrogen and oxygen atoms in total. The van der Waals surface area contributed by atoms with Crippen molar-refractivity contribution in [3.8, 4) is 11.3 Å². The second-order valence-electron chi connectivity index (χ2n) is 4.60. The highest BCUT2D eigenvalue weighted by Crippen LogP contribution is 2.30. The molecule has 1 aromatic heterocycles. The highest BCUT2D eigenvalue weighted by atomic mass is 32.1. The molecule has 3 aromatic rings. The predicted octanol–water partition coefficient (Wildman–Crippen LogP) is 4.99. The van der Waals surface area contributed by atoms with Crippen molar-refractivity contribution in [1.82, 2.24) is 4.98 Å². The minimum Gasteiger partial charge on any atom is -0.330 e. The average Bonchev–Trinajstić information content (AvgIpc) is 2.96. The Labute approximate surface area is 128 Å². The molecule has 6 heteroatoms. The molecule has 0 saturated carbocycles. The summed E-state index contributed by atoms with van der Waals surface area (Å²) in [4.78, 5) is 8.10. The van der Waals surface area contributed by atoms with Gasteiger partial charge in [-0.2, -0.15) is 13.2 Å². The number of nitrogens with one attached hydrogen (secondary N) is 1. The van der Waals surface area contributed by atoms with E-state index >= 15 is 0 Å². The first-order valence-corrected chi connectivity index (χ1v) is 7.35. The molecule has 0 amide bonds. The smallest absolute Gasteiger partial charge is 0.330 e. The molecular formula is C16H11F3N2S. The van der Waals surface area contributed by atoms with Crippen molar-refractivity contribution in [2.24, 2.45) is 4.99 Å². The normalized spacial score (nSPS) is 12.6. The number of benzene rings is 2. The third-order valence-corrected chi connectivity index (χ3v) is 3.81. The van der Waals surface area contributed by atoms with E-state index in [-0.39, 0.29) is 0 Å². The van der Waals surface area contributed by atoms with Crippen LogP contribution in [0.2, 0.25) is 0 Å². The van der Waals surface area contributed by atoms with E-state index in [1.165, 1.54) is 23.5 Å². The summed E-state index contributed by atoms with van der Waals surface area (Å²) in [6, 6.07) is 14.5. The summed E-state index contributed by atoms with van der Waals surface area (Å²) < 4.78 is 37.5. The molecule has 112 valence electrons. The molecule has 0 aliphatic rings. The Balaban J connectivity index is 1.89. The van der Waals surface area contributed by atoms with Gasteiger partial charge in [0.15, 0.2) is 4.80 Å². The maximum Gasteiger partial charge on any atom is 0.416 e. The van der Waals surface area contributed by atoms with Crippen LogP contribution in [0.15, 0.2) is 65.0 Å². The molecule has 2 aromatic carbocycles. The SMILES string of the molecule is FC(F)(F)c1ccc(N=c2[nH]c(-c3ccccc3)cs2)cc1. The van der Waals surface area contributed by atoms with Crippen LogP contribution in [0.1, 0.15) is 5.56 Å². The van der Waals surface area contributed by atoms with Crippen LogP contribution < -0.4 is 4.80 Å². The van der Waals surface area contributed by atoms with E-state index in [2.05, 4.69) is 9.98 Å². The summed E-state index contributed by atoms with van der Waals surface area (Å²) >= 11 is 1.40. The van der Waals surface area contributed by atoms with Gasteiger partial charge in [0, 0.05) is 5.38 Å². The topological polar surface area (TPSA) is 28.1 Å². The number of nitrogens with zero attached hydrogens (tertiary/aromatic N) is 1. The molecule has 0 unspecified atom stereocenters. The predicted molar refractivity (Wildman–Crippen MR) is 80.8 cm³/mol. The van der Waals surface area contributed by atoms with Gasteiger partial charge in [0.25, 0.3) is 0 Å². The Bertz CT molecular complexity index is 815. The fourth-order valence-electron chi connectivity index (χ4n) is 1.94. The molecule has 0 spiro atoms. The highest BCUT2D eigenvalue weighted by molar-refractivity contribution is 7.07. The van der Waals surface area contributed by atoms with E-state index < -0.39 is 11.7 Å². The monoisotopic (exact) mass is 320 g/mol. The molecule has 0 atom stereocenters. The van der Waals surface area contributed by atoms with Gasteiger partial charge in [0.05, 0.1) is 16.9 Å². The molecule has 0 radical (unpaired) electrons. The van der Waals surface area contributed by atoms with Crippen LogP contribution in [0, 0.1) is 0 Å². The van der Waals surface area contributed by atoms with Gasteiger partial charge in [-0.25, -0.2) is 4.99 Å². The maximum atomic E-state index is 12.5. The lowest BCUT2D eigenvalue weighted by atomic mass is 10.2. The Morgan fingerprint density at radius 3 is 2.23 bits per heavy atom. The van der Waals surface area contributed by atoms with Crippen molar-refractivity contribution >= 4 is 17.0 Å². The van der Waals surface area contributed by atoms with Crippen LogP contribution in [0.25, 0.3) is 11.3 Å². The van der Waals surface area contributed by atoms with Crippen molar-refractivity contribution < 1.29 is 13.2 Å². The fraction of sp³-hybridized carbons (Fsp3) is 0.0625. The summed E-state index contributed by atoms with van der Waals surface area (Å²) in [6.45, 7) is 0. The van der Waals surface area contributed by atoms with Gasteiger partial charge in [-0.15, -0.1) is 11.3 Å². The van der Waals surface area contributed by atoms with Crippen LogP contribution >= 0.6 is 11.3 Å². The van der Waals surface area contributed by atoms with Crippen molar-refractivity contribution in [2.45, 2.75) is 6.18 Å². The number of aromatic amines is 1. The van der Waals surface area contributed by atoms with Crippen molar-refractivity contribution in [1.29, 1.82) is 0 Å². The van der Waals surface area contributed by atoms with Crippen molar-refractivity contribution in [3.63, 3.8) is 0 Å². The summed E-state index contributed by atoms with van der Waals surface area (Å²) in [5, 5.41) is 1.93. The molecule has 3 rings (SSSR count). The zero-order chi connectivity index (χ0) is 15.6. The largest absolute Gasteiger partial charge is 0.416 e. The number of alkyl halides is 3. The minimum absolute atomic E-state index is 0.478. The fourth-order valence-corrected chi connectivity index (χ4v) is 2.69. The van der Waals surface area contributed by atoms with E-state index in [0.29, 0.717) is 10.5 Å². The molecular weight excluding hydrogens is 309 g/mol. The molecule has 0 bridgehead atoms. The first kappa shape index (κ1) is 14.6. The van der Waals surface area contributed by atoms with Crippen LogP contribution in [-0.2, 0) is 6.18 Å². The van der Waals surface area contributed by atoms with Crippen LogP contribution in [0.4, 0.5) is 18.9 Å². The quantitative estimate of drug-likeness (QED) is 0.689. The Morgan fingerprint density at radius 1 is 0.909 bits per heavy atom. The van der Waals surface area contributed by atoms with Crippen molar-refractivity contribution in [2.75, 3.05) is 0 Å². The molecule has 22 heavy (non-hydrogen) atoms. The Morgan fingerprint density at radius 2 is 1.59 bits per heavy atom. The molecule has 0 fully saturated rings. The first-order valence-electron chi connectivity index (χ1n) is 6.47. The number of thiazole rings is 1. The van der Waals surface area contributed by atoms with E-state index in [1.807, 2.05) is 35.7 Å². The van der Waals surface area contributed by atoms with Gasteiger partial charge in [0.2, 0.25) is 0 Å². The van der Waals surface area contributed by atoms with Gasteiger partial charge < -0.3 is 4.98 Å². The lowest BCUT2D eigenvalue weighted by Gasteiger charge is -2.05. The number of halogens is 3. The van der Waals surface area contributed by atoms with E-state index in [4.69, 9.17) is 0 Å². The zero-order valence-electron chi connectivity index (χ0n) is 11.3. The Kier molecular flexibility index (Phi) is 3.85. The van der Waals surface area contributed by atoms with E-state index in [0.717, 1.165) is 23.4 Å². The second-order valence-corrected chi connectivity index (χ2v) is 5.46. The summed E-state index contributed by atoms with van der Waals surface area (Å²) in [7, 11) is 0. The van der Waals surface area contributed by atoms with Crippen LogP contribution in [0.3, 0.4) is 0 Å². The Hall–Kier alpha value is -2.34. The number of hydrogen-bond acceptors (Lipinski definition) is 2. The van der Waals surface area contributed by atoms with Gasteiger partial charge in [-0.1, -0.05) is 30.3 Å². The lowest BCUT2D eigenvalue weighted by molar-refractivity contribution is -0.137. The number of aromatic nitrogens is 1. The lowest BCUT2D eigenvalue weighted by Crippen LogP contribution is -2.04. The standard InChI is InChI=1S/C16H11F3N2S/c17-16(18,19)12-6-8-13(9-7-12)20-15-21-14(10-22-15)11-4-2-1-3-5-11/h1-10H,(H,20,21). The highest BCUT2D eigenvalue weighted by Gasteiger charge is 2.29. The summed E-state index contributed by atoms with van der Waals surface area (Å²) in [6.07, 6.45) is -4.33. The third kappa shape index (κ3) is 3.28. The van der Waals surface area contributed by atoms with Gasteiger partial charge in [-0.05, 0) is 29.8 Å². The zero-order valence-corrected chi connectivity index (χ0v) is 12.1. The molecule has 1 N–H and O–H groups in total. The minimum atomic E-state index is -4.33. The average molecular weight is 320 g/mol. The molecule has 0 aliphatic carbocycles. The number of rotatable bonds is 2. The van der Waals surface area contributed by atoms with Gasteiger partial charge in [0.1, 0.15) is 0 Å². The van der Waals surface area contributed by atoms with Crippen LogP contribution in [0.5, 0.6) is 0 Å². The van der Waals surface area contributed by atoms with Gasteiger partial charge in [-0.3, -0.25) is 0 Å². The van der Waals surface area contributed by atoms with Crippen molar-refractivity contribution in [3.05, 3.63) is 70.3 Å². The third-order valence-electron chi connectivity index (χ3n) is 3.04. The number of H-pyrrole nitrogens is 1. The molecule has 0 aliphatic heterocycles.